The van der Waals surface area contributed by atoms with E-state index in [0.29, 0.717) is 0 Å². The van der Waals surface area contributed by atoms with E-state index in [1.807, 2.05) is 0 Å². The van der Waals surface area contributed by atoms with Gasteiger partial charge in [-0.1, -0.05) is 11.6 Å². The maximum atomic E-state index is 9.33. The molecule has 0 saturated carbocycles. The summed E-state index contributed by atoms with van der Waals surface area (Å²) in [4.78, 5) is 2.29. The van der Waals surface area contributed by atoms with E-state index in [0.717, 1.165) is 20.2 Å². The highest BCUT2D eigenvalue weighted by molar-refractivity contribution is 7.80. The predicted molar refractivity (Wildman–Crippen MR) is 58.7 cm³/mol. The van der Waals surface area contributed by atoms with Crippen molar-refractivity contribution in [1.29, 1.82) is 0 Å². The van der Waals surface area contributed by atoms with Crippen LogP contribution in [0.4, 0.5) is 0 Å². The van der Waals surface area contributed by atoms with Crippen molar-refractivity contribution in [1.82, 2.24) is 4.90 Å². The summed E-state index contributed by atoms with van der Waals surface area (Å²) in [6.45, 7) is 6.55. The van der Waals surface area contributed by atoms with Gasteiger partial charge < -0.3 is 4.90 Å². The molecule has 0 aromatic carbocycles. The first kappa shape index (κ1) is 14.2. The Balaban J connectivity index is 0.000000288. The molecule has 0 aliphatic carbocycles. The summed E-state index contributed by atoms with van der Waals surface area (Å²) in [7, 11) is -3.29. The zero-order valence-electron chi connectivity index (χ0n) is 9.17. The largest absolute Gasteiger partial charge is 0.397 e. The molecule has 0 unspecified atom stereocenters. The van der Waals surface area contributed by atoms with Gasteiger partial charge in [-0.05, 0) is 26.1 Å². The second-order valence-corrected chi connectivity index (χ2v) is 4.20. The van der Waals surface area contributed by atoms with E-state index >= 15 is 0 Å². The topological polar surface area (TPSA) is 66.8 Å². The van der Waals surface area contributed by atoms with Crippen LogP contribution in [0.3, 0.4) is 0 Å². The first-order chi connectivity index (χ1) is 6.89. The van der Waals surface area contributed by atoms with Gasteiger partial charge in [-0.3, -0.25) is 8.74 Å². The second-order valence-electron chi connectivity index (χ2n) is 3.01. The van der Waals surface area contributed by atoms with Gasteiger partial charge in [0.25, 0.3) is 0 Å². The second kappa shape index (κ2) is 6.60. The maximum Gasteiger partial charge on any atom is 0.397 e. The van der Waals surface area contributed by atoms with E-state index in [2.05, 4.69) is 41.3 Å². The minimum Gasteiger partial charge on any atom is -0.374 e. The van der Waals surface area contributed by atoms with Crippen LogP contribution in [-0.4, -0.2) is 38.1 Å². The van der Waals surface area contributed by atoms with Gasteiger partial charge in [0.15, 0.2) is 0 Å². The summed E-state index contributed by atoms with van der Waals surface area (Å²) in [5.74, 6) is 0. The van der Waals surface area contributed by atoms with Crippen LogP contribution in [0, 0.1) is 0 Å². The fourth-order valence-electron chi connectivity index (χ4n) is 0.972. The van der Waals surface area contributed by atoms with Crippen LogP contribution < -0.4 is 0 Å². The molecule has 1 N–H and O–H groups in total. The molecule has 6 heteroatoms. The average molecular weight is 235 g/mol. The molecular formula is C9H17NO4S. The third-order valence-electron chi connectivity index (χ3n) is 1.75. The van der Waals surface area contributed by atoms with Gasteiger partial charge in [0.1, 0.15) is 0 Å². The zero-order chi connectivity index (χ0) is 11.9. The quantitative estimate of drug-likeness (QED) is 0.729. The molecule has 0 aromatic rings. The van der Waals surface area contributed by atoms with Crippen molar-refractivity contribution < 1.29 is 17.2 Å². The Morgan fingerprint density at radius 1 is 1.60 bits per heavy atom. The maximum absolute atomic E-state index is 9.33. The number of hydrogen-bond donors (Lipinski definition) is 1. The molecule has 0 atom stereocenters. The molecule has 1 heterocycles. The van der Waals surface area contributed by atoms with E-state index in [9.17, 15) is 8.42 Å². The number of allylic oxidation sites excluding steroid dienone is 2. The fraction of sp³-hybridized carbons (Fsp3) is 0.556. The average Bonchev–Trinajstić information content (AvgIpc) is 2.18. The van der Waals surface area contributed by atoms with Gasteiger partial charge in [-0.15, -0.1) is 0 Å². The predicted octanol–water partition coefficient (Wildman–Crippen LogP) is 1.22. The molecular weight excluding hydrogens is 218 g/mol. The molecule has 0 bridgehead atoms. The summed E-state index contributed by atoms with van der Waals surface area (Å²) in [5.41, 5.74) is 1.44. The number of hydrogen-bond acceptors (Lipinski definition) is 4. The van der Waals surface area contributed by atoms with Gasteiger partial charge in [0.05, 0.1) is 7.11 Å². The summed E-state index contributed by atoms with van der Waals surface area (Å²) in [6.07, 6.45) is 6.39. The lowest BCUT2D eigenvalue weighted by Gasteiger charge is -2.20. The van der Waals surface area contributed by atoms with Gasteiger partial charge in [0.2, 0.25) is 0 Å². The Morgan fingerprint density at radius 2 is 2.13 bits per heavy atom. The van der Waals surface area contributed by atoms with Crippen LogP contribution in [0.2, 0.25) is 0 Å². The van der Waals surface area contributed by atoms with Crippen molar-refractivity contribution in [3.63, 3.8) is 0 Å². The van der Waals surface area contributed by atoms with Gasteiger partial charge in [-0.2, -0.15) is 8.42 Å². The molecule has 0 amide bonds. The molecule has 1 aliphatic rings. The van der Waals surface area contributed by atoms with Crippen molar-refractivity contribution in [2.75, 3.05) is 20.2 Å². The molecule has 5 nitrogen and oxygen atoms in total. The molecule has 88 valence electrons. The van der Waals surface area contributed by atoms with Crippen LogP contribution in [0.15, 0.2) is 23.9 Å². The van der Waals surface area contributed by atoms with Crippen LogP contribution in [-0.2, 0) is 14.6 Å². The smallest absolute Gasteiger partial charge is 0.374 e. The number of nitrogens with zero attached hydrogens (tertiary/aromatic N) is 1. The molecule has 0 radical (unpaired) electrons. The highest BCUT2D eigenvalue weighted by atomic mass is 32.3. The molecule has 0 aromatic heterocycles. The van der Waals surface area contributed by atoms with Crippen molar-refractivity contribution >= 4 is 10.4 Å². The van der Waals surface area contributed by atoms with E-state index in [-0.39, 0.29) is 0 Å². The monoisotopic (exact) mass is 235 g/mol. The van der Waals surface area contributed by atoms with E-state index < -0.39 is 10.4 Å². The lowest BCUT2D eigenvalue weighted by atomic mass is 10.2. The lowest BCUT2D eigenvalue weighted by molar-refractivity contribution is 0.324. The van der Waals surface area contributed by atoms with E-state index in [1.165, 1.54) is 5.57 Å². The van der Waals surface area contributed by atoms with Crippen molar-refractivity contribution in [3.05, 3.63) is 23.9 Å². The van der Waals surface area contributed by atoms with Crippen molar-refractivity contribution in [3.8, 4) is 0 Å². The highest BCUT2D eigenvalue weighted by Gasteiger charge is 1.98. The molecule has 0 fully saturated rings. The minimum absolute atomic E-state index is 0.870. The van der Waals surface area contributed by atoms with E-state index in [4.69, 9.17) is 4.55 Å². The highest BCUT2D eigenvalue weighted by Crippen LogP contribution is 2.04. The van der Waals surface area contributed by atoms with Crippen LogP contribution >= 0.6 is 0 Å². The lowest BCUT2D eigenvalue weighted by Crippen LogP contribution is -2.20. The molecule has 0 spiro atoms. The molecule has 0 saturated heterocycles. The summed E-state index contributed by atoms with van der Waals surface area (Å²) in [5, 5.41) is 0. The van der Waals surface area contributed by atoms with Crippen LogP contribution in [0.5, 0.6) is 0 Å². The summed E-state index contributed by atoms with van der Waals surface area (Å²) >= 11 is 0. The Hall–Kier alpha value is -0.850. The first-order valence-corrected chi connectivity index (χ1v) is 5.86. The third kappa shape index (κ3) is 8.17. The number of rotatable bonds is 2. The Morgan fingerprint density at radius 3 is 2.40 bits per heavy atom. The first-order valence-electron chi connectivity index (χ1n) is 4.50. The summed E-state index contributed by atoms with van der Waals surface area (Å²) < 4.78 is 29.7. The van der Waals surface area contributed by atoms with Gasteiger partial charge in [0, 0.05) is 13.1 Å². The minimum atomic E-state index is -4.16. The third-order valence-corrected chi connectivity index (χ3v) is 2.17. The molecule has 1 rings (SSSR count). The Bertz CT molecular complexity index is 332. The van der Waals surface area contributed by atoms with Crippen molar-refractivity contribution in [2.45, 2.75) is 13.8 Å². The van der Waals surface area contributed by atoms with Crippen LogP contribution in [0.1, 0.15) is 13.8 Å². The molecule has 15 heavy (non-hydrogen) atoms. The SMILES string of the molecule is CCN1C=CC=C(C)C1.COS(=O)(=O)O. The molecule has 1 aliphatic heterocycles. The normalized spacial score (nSPS) is 15.5. The standard InChI is InChI=1S/C8H13N.CH4O4S/c1-3-9-6-4-5-8(2)7-9;1-5-6(2,3)4/h4-6H,3,7H2,1-2H3;1H3,(H,2,3,4). The van der Waals surface area contributed by atoms with Crippen LogP contribution in [0.25, 0.3) is 0 Å². The number of likely N-dealkylation sites (N-methyl/N-ethyl adjacent to an activating group) is 1. The van der Waals surface area contributed by atoms with Crippen molar-refractivity contribution in [2.24, 2.45) is 0 Å². The Kier molecular flexibility index (Phi) is 6.23. The summed E-state index contributed by atoms with van der Waals surface area (Å²) in [6, 6.07) is 0. The Labute approximate surface area is 91.0 Å². The van der Waals surface area contributed by atoms with Gasteiger partial charge in [-0.25, -0.2) is 0 Å². The fourth-order valence-corrected chi connectivity index (χ4v) is 0.972. The van der Waals surface area contributed by atoms with E-state index in [1.54, 1.807) is 0 Å². The van der Waals surface area contributed by atoms with Gasteiger partial charge >= 0.3 is 10.4 Å². The zero-order valence-corrected chi connectivity index (χ0v) is 9.99.